The lowest BCUT2D eigenvalue weighted by atomic mass is 9.93. The number of carbonyl (C=O) groups is 2. The van der Waals surface area contributed by atoms with E-state index in [1.54, 1.807) is 0 Å². The van der Waals surface area contributed by atoms with Gasteiger partial charge in [0.15, 0.2) is 0 Å². The topological polar surface area (TPSA) is 113 Å². The summed E-state index contributed by atoms with van der Waals surface area (Å²) in [4.78, 5) is 23.6. The fourth-order valence-corrected chi connectivity index (χ4v) is 4.58. The maximum atomic E-state index is 12.3. The van der Waals surface area contributed by atoms with E-state index < -0.39 is 27.4 Å². The highest BCUT2D eigenvalue weighted by Gasteiger charge is 2.38. The molecule has 1 amide bonds. The number of aliphatic carboxylic acids is 1. The van der Waals surface area contributed by atoms with Crippen molar-refractivity contribution in [1.82, 2.24) is 10.0 Å². The van der Waals surface area contributed by atoms with Gasteiger partial charge in [0.1, 0.15) is 0 Å². The molecule has 0 atom stereocenters. The van der Waals surface area contributed by atoms with Gasteiger partial charge in [0.25, 0.3) is 5.91 Å². The molecule has 0 bridgehead atoms. The normalized spacial score (nSPS) is 17.3. The molecule has 0 radical (unpaired) electrons. The largest absolute Gasteiger partial charge is 0.481 e. The molecular formula is C13H18N2O5S2. The van der Waals surface area contributed by atoms with Crippen molar-refractivity contribution in [3.8, 4) is 0 Å². The van der Waals surface area contributed by atoms with E-state index in [-0.39, 0.29) is 16.2 Å². The van der Waals surface area contributed by atoms with Crippen molar-refractivity contribution in [3.05, 3.63) is 16.3 Å². The maximum absolute atomic E-state index is 12.3. The third-order valence-electron chi connectivity index (χ3n) is 3.81. The molecule has 1 aromatic heterocycles. The van der Waals surface area contributed by atoms with E-state index >= 15 is 0 Å². The molecule has 1 aliphatic carbocycles. The van der Waals surface area contributed by atoms with Gasteiger partial charge < -0.3 is 10.4 Å². The Hall–Kier alpha value is -1.45. The molecule has 122 valence electrons. The summed E-state index contributed by atoms with van der Waals surface area (Å²) in [6.45, 7) is 0. The summed E-state index contributed by atoms with van der Waals surface area (Å²) in [5, 5.41) is 13.2. The van der Waals surface area contributed by atoms with E-state index in [1.165, 1.54) is 18.5 Å². The molecular weight excluding hydrogens is 328 g/mol. The Morgan fingerprint density at radius 2 is 2.00 bits per heavy atom. The predicted octanol–water partition coefficient (Wildman–Crippen LogP) is 1.17. The summed E-state index contributed by atoms with van der Waals surface area (Å²) >= 11 is 1.02. The van der Waals surface area contributed by atoms with Gasteiger partial charge in [-0.2, -0.15) is 0 Å². The van der Waals surface area contributed by atoms with Crippen molar-refractivity contribution in [3.63, 3.8) is 0 Å². The zero-order valence-electron chi connectivity index (χ0n) is 12.1. The Morgan fingerprint density at radius 1 is 1.36 bits per heavy atom. The van der Waals surface area contributed by atoms with Gasteiger partial charge in [0.05, 0.1) is 21.7 Å². The lowest BCUT2D eigenvalue weighted by molar-refractivity contribution is -0.138. The Bertz CT molecular complexity index is 674. The second-order valence-corrected chi connectivity index (χ2v) is 8.16. The highest BCUT2D eigenvalue weighted by atomic mass is 32.2. The van der Waals surface area contributed by atoms with Crippen molar-refractivity contribution in [2.75, 3.05) is 7.05 Å². The first-order chi connectivity index (χ1) is 10.3. The van der Waals surface area contributed by atoms with E-state index in [2.05, 4.69) is 10.0 Å². The molecule has 1 aliphatic rings. The van der Waals surface area contributed by atoms with Crippen LogP contribution in [0.2, 0.25) is 0 Å². The van der Waals surface area contributed by atoms with Gasteiger partial charge in [-0.3, -0.25) is 9.59 Å². The molecule has 0 aromatic carbocycles. The lowest BCUT2D eigenvalue weighted by Crippen LogP contribution is -2.47. The molecule has 7 nitrogen and oxygen atoms in total. The van der Waals surface area contributed by atoms with Crippen molar-refractivity contribution in [1.29, 1.82) is 0 Å². The highest BCUT2D eigenvalue weighted by Crippen LogP contribution is 2.33. The van der Waals surface area contributed by atoms with Crippen LogP contribution in [0.5, 0.6) is 0 Å². The second kappa shape index (κ2) is 6.35. The molecule has 9 heteroatoms. The smallest absolute Gasteiger partial charge is 0.305 e. The number of thiophene rings is 1. The van der Waals surface area contributed by atoms with Crippen LogP contribution in [0, 0.1) is 0 Å². The van der Waals surface area contributed by atoms with Crippen molar-refractivity contribution in [2.45, 2.75) is 42.5 Å². The van der Waals surface area contributed by atoms with E-state index in [0.717, 1.165) is 24.2 Å². The number of amides is 1. The first-order valence-electron chi connectivity index (χ1n) is 6.84. The number of nitrogens with one attached hydrogen (secondary N) is 2. The highest BCUT2D eigenvalue weighted by molar-refractivity contribution is 7.89. The van der Waals surface area contributed by atoms with Crippen LogP contribution in [0.15, 0.2) is 16.3 Å². The van der Waals surface area contributed by atoms with Gasteiger partial charge in [-0.1, -0.05) is 12.8 Å². The minimum atomic E-state index is -3.59. The molecule has 0 saturated heterocycles. The van der Waals surface area contributed by atoms with Gasteiger partial charge in [0.2, 0.25) is 10.0 Å². The van der Waals surface area contributed by atoms with Crippen molar-refractivity contribution >= 4 is 33.2 Å². The van der Waals surface area contributed by atoms with Crippen LogP contribution in [0.1, 0.15) is 41.8 Å². The van der Waals surface area contributed by atoms with Crippen LogP contribution in [0.4, 0.5) is 0 Å². The standard InChI is InChI=1S/C13H18N2O5S2/c1-14-22(19,20)9-6-10(21-8-9)12(18)15-13(7-11(16)17)4-2-3-5-13/h6,8,14H,2-5,7H2,1H3,(H,15,18)(H,16,17). The molecule has 0 spiro atoms. The fourth-order valence-electron chi connectivity index (χ4n) is 2.69. The van der Waals surface area contributed by atoms with Gasteiger partial charge in [-0.05, 0) is 26.0 Å². The monoisotopic (exact) mass is 346 g/mol. The van der Waals surface area contributed by atoms with Crippen molar-refractivity contribution < 1.29 is 23.1 Å². The van der Waals surface area contributed by atoms with Gasteiger partial charge in [-0.25, -0.2) is 13.1 Å². The first kappa shape index (κ1) is 16.9. The second-order valence-electron chi connectivity index (χ2n) is 5.37. The number of carbonyl (C=O) groups excluding carboxylic acids is 1. The summed E-state index contributed by atoms with van der Waals surface area (Å²) in [6.07, 6.45) is 2.87. The number of carboxylic acid groups (broad SMARTS) is 1. The molecule has 1 fully saturated rings. The molecule has 0 unspecified atom stereocenters. The van der Waals surface area contributed by atoms with E-state index in [9.17, 15) is 18.0 Å². The van der Waals surface area contributed by atoms with Gasteiger partial charge >= 0.3 is 5.97 Å². The molecule has 3 N–H and O–H groups in total. The zero-order chi connectivity index (χ0) is 16.4. The average Bonchev–Trinajstić information content (AvgIpc) is 3.07. The SMILES string of the molecule is CNS(=O)(=O)c1csc(C(=O)NC2(CC(=O)O)CCCC2)c1. The fraction of sp³-hybridized carbons (Fsp3) is 0.538. The van der Waals surface area contributed by atoms with Gasteiger partial charge in [-0.15, -0.1) is 11.3 Å². The Kier molecular flexibility index (Phi) is 4.88. The average molecular weight is 346 g/mol. The molecule has 22 heavy (non-hydrogen) atoms. The number of hydrogen-bond acceptors (Lipinski definition) is 5. The minimum Gasteiger partial charge on any atom is -0.481 e. The Labute approximate surface area is 132 Å². The summed E-state index contributed by atoms with van der Waals surface area (Å²) in [5.41, 5.74) is -0.727. The van der Waals surface area contributed by atoms with E-state index in [0.29, 0.717) is 12.8 Å². The van der Waals surface area contributed by atoms with Crippen LogP contribution < -0.4 is 10.0 Å². The number of carboxylic acids is 1. The first-order valence-corrected chi connectivity index (χ1v) is 9.21. The van der Waals surface area contributed by atoms with Crippen molar-refractivity contribution in [2.24, 2.45) is 0 Å². The Morgan fingerprint density at radius 3 is 2.55 bits per heavy atom. The third-order valence-corrected chi connectivity index (χ3v) is 6.28. The summed E-state index contributed by atoms with van der Waals surface area (Å²) in [5.74, 6) is -1.38. The summed E-state index contributed by atoms with van der Waals surface area (Å²) < 4.78 is 25.5. The number of sulfonamides is 1. The summed E-state index contributed by atoms with van der Waals surface area (Å²) in [6, 6.07) is 1.30. The van der Waals surface area contributed by atoms with Gasteiger partial charge in [0, 0.05) is 5.38 Å². The zero-order valence-corrected chi connectivity index (χ0v) is 13.7. The predicted molar refractivity (Wildman–Crippen MR) is 81.5 cm³/mol. The quantitative estimate of drug-likeness (QED) is 0.716. The molecule has 2 rings (SSSR count). The number of hydrogen-bond donors (Lipinski definition) is 3. The van der Waals surface area contributed by atoms with Crippen LogP contribution >= 0.6 is 11.3 Å². The molecule has 1 saturated carbocycles. The van der Waals surface area contributed by atoms with Crippen LogP contribution in [-0.4, -0.2) is 38.0 Å². The van der Waals surface area contributed by atoms with E-state index in [4.69, 9.17) is 5.11 Å². The molecule has 1 aromatic rings. The van der Waals surface area contributed by atoms with Crippen LogP contribution in [0.3, 0.4) is 0 Å². The Balaban J connectivity index is 2.16. The third kappa shape index (κ3) is 3.65. The molecule has 1 heterocycles. The molecule has 0 aliphatic heterocycles. The lowest BCUT2D eigenvalue weighted by Gasteiger charge is -2.28. The summed E-state index contributed by atoms with van der Waals surface area (Å²) in [7, 11) is -2.29. The minimum absolute atomic E-state index is 0.0313. The van der Waals surface area contributed by atoms with E-state index in [1.807, 2.05) is 0 Å². The number of rotatable bonds is 6. The van der Waals surface area contributed by atoms with Crippen LogP contribution in [-0.2, 0) is 14.8 Å². The maximum Gasteiger partial charge on any atom is 0.305 e. The van der Waals surface area contributed by atoms with Crippen LogP contribution in [0.25, 0.3) is 0 Å².